The molecular weight excluding hydrogens is 578 g/mol. The Morgan fingerprint density at radius 3 is 2.73 bits per heavy atom. The van der Waals surface area contributed by atoms with Gasteiger partial charge in [0, 0.05) is 32.0 Å². The number of carbonyl (C=O) groups excluding carboxylic acids is 1. The summed E-state index contributed by atoms with van der Waals surface area (Å²) in [6, 6.07) is 13.0. The zero-order valence-corrected chi connectivity index (χ0v) is 26.7. The molecule has 0 radical (unpaired) electrons. The van der Waals surface area contributed by atoms with Gasteiger partial charge in [0.05, 0.1) is 46.8 Å². The summed E-state index contributed by atoms with van der Waals surface area (Å²) in [5, 5.41) is 11.3. The molecule has 0 aliphatic carbocycles. The van der Waals surface area contributed by atoms with Crippen LogP contribution in [0, 0.1) is 18.3 Å². The van der Waals surface area contributed by atoms with Crippen LogP contribution in [0.3, 0.4) is 0 Å². The molecule has 5 rings (SSSR count). The third kappa shape index (κ3) is 6.84. The number of hydrogen-bond donors (Lipinski definition) is 3. The van der Waals surface area contributed by atoms with Gasteiger partial charge in [-0.1, -0.05) is 30.3 Å². The molecule has 0 bridgehead atoms. The molecule has 1 aliphatic heterocycles. The van der Waals surface area contributed by atoms with Crippen LogP contribution >= 0.6 is 10.8 Å². The van der Waals surface area contributed by atoms with Crippen LogP contribution in [0.2, 0.25) is 0 Å². The van der Waals surface area contributed by atoms with E-state index in [2.05, 4.69) is 32.5 Å². The normalized spacial score (nSPS) is 18.2. The number of hydrogen-bond acceptors (Lipinski definition) is 9. The maximum Gasteiger partial charge on any atom is 0.233 e. The van der Waals surface area contributed by atoms with Gasteiger partial charge in [0.15, 0.2) is 0 Å². The van der Waals surface area contributed by atoms with E-state index in [0.29, 0.717) is 42.3 Å². The number of anilines is 1. The summed E-state index contributed by atoms with van der Waals surface area (Å²) in [5.41, 5.74) is 3.66. The van der Waals surface area contributed by atoms with Crippen molar-refractivity contribution in [2.75, 3.05) is 11.9 Å². The molecule has 234 valence electrons. The third-order valence-corrected chi connectivity index (χ3v) is 10.0. The maximum atomic E-state index is 13.7. The van der Waals surface area contributed by atoms with E-state index in [1.165, 1.54) is 0 Å². The summed E-state index contributed by atoms with van der Waals surface area (Å²) >= 11 is 0. The highest BCUT2D eigenvalue weighted by Crippen LogP contribution is 2.55. The first kappa shape index (κ1) is 31.7. The van der Waals surface area contributed by atoms with E-state index in [1.807, 2.05) is 52.1 Å². The Kier molecular flexibility index (Phi) is 9.47. The number of rotatable bonds is 10. The van der Waals surface area contributed by atoms with Gasteiger partial charge in [0.1, 0.15) is 5.69 Å². The fourth-order valence-electron chi connectivity index (χ4n) is 5.48. The predicted octanol–water partition coefficient (Wildman–Crippen LogP) is 6.04. The van der Waals surface area contributed by atoms with Crippen molar-refractivity contribution < 1.29 is 18.6 Å². The van der Waals surface area contributed by atoms with E-state index in [-0.39, 0.29) is 18.4 Å². The van der Waals surface area contributed by atoms with E-state index in [1.54, 1.807) is 51.8 Å². The molecule has 4 heterocycles. The van der Waals surface area contributed by atoms with Gasteiger partial charge in [0.25, 0.3) is 0 Å². The van der Waals surface area contributed by atoms with E-state index in [9.17, 15) is 13.9 Å². The minimum atomic E-state index is -3.27. The van der Waals surface area contributed by atoms with Crippen LogP contribution in [0.5, 0.6) is 0 Å². The number of nitrogens with one attached hydrogen (secondary N) is 1. The molecular formula is C32H41N7O4S. The predicted molar refractivity (Wildman–Crippen MR) is 170 cm³/mol. The molecule has 1 aliphatic rings. The van der Waals surface area contributed by atoms with Crippen LogP contribution in [-0.2, 0) is 35.6 Å². The molecule has 3 N–H and O–H groups in total. The fourth-order valence-corrected chi connectivity index (χ4v) is 7.25. The lowest BCUT2D eigenvalue weighted by atomic mass is 9.80. The monoisotopic (exact) mass is 619 g/mol. The second-order valence-electron chi connectivity index (χ2n) is 12.0. The van der Waals surface area contributed by atoms with Crippen molar-refractivity contribution in [1.82, 2.24) is 29.3 Å². The second kappa shape index (κ2) is 13.1. The molecule has 2 unspecified atom stereocenters. The number of nitrogens with zero attached hydrogens (tertiary/aromatic N) is 6. The van der Waals surface area contributed by atoms with Gasteiger partial charge in [-0.25, -0.2) is 0 Å². The van der Waals surface area contributed by atoms with Crippen molar-refractivity contribution in [2.24, 2.45) is 11.3 Å². The minimum absolute atomic E-state index is 0.158. The largest absolute Gasteiger partial charge is 0.366 e. The highest BCUT2D eigenvalue weighted by Gasteiger charge is 2.40. The summed E-state index contributed by atoms with van der Waals surface area (Å²) in [7, 11) is -3.27. The summed E-state index contributed by atoms with van der Waals surface area (Å²) in [5.74, 6) is -0.0574. The van der Waals surface area contributed by atoms with Crippen LogP contribution in [0.25, 0.3) is 0 Å². The highest BCUT2D eigenvalue weighted by atomic mass is 32.3. The Morgan fingerprint density at radius 2 is 2.00 bits per heavy atom. The van der Waals surface area contributed by atoms with Gasteiger partial charge >= 0.3 is 0 Å². The Balaban J connectivity index is 1.47. The number of ether oxygens (including phenoxy) is 1. The van der Waals surface area contributed by atoms with Gasteiger partial charge in [-0.2, -0.15) is 4.31 Å². The van der Waals surface area contributed by atoms with Gasteiger partial charge in [-0.05, 0) is 81.0 Å². The van der Waals surface area contributed by atoms with E-state index in [4.69, 9.17) is 4.74 Å². The Hall–Kier alpha value is -3.68. The average Bonchev–Trinajstić information content (AvgIpc) is 3.43. The van der Waals surface area contributed by atoms with Gasteiger partial charge in [-0.3, -0.25) is 28.5 Å². The maximum absolute atomic E-state index is 13.7. The molecule has 0 spiro atoms. The Morgan fingerprint density at radius 1 is 1.20 bits per heavy atom. The molecule has 0 saturated heterocycles. The standard InChI is InChI=1S/C32H41N7O4S/c1-6-38-20-27(36-37-38)21-43-30(32(4,5)31(40)35-26-9-7-13-33-17-26)24-12-11-23(3)25(16-24)19-39-18-22(2)15-28-29(44(39,41)42)10-8-14-34-28/h7-14,16-17,20,22,30,41-42H,6,15,18-19,21H2,1-5H3,(H,35,40). The molecule has 12 heteroatoms. The lowest BCUT2D eigenvalue weighted by Gasteiger charge is -2.43. The zero-order valence-electron chi connectivity index (χ0n) is 25.8. The van der Waals surface area contributed by atoms with Crippen LogP contribution in [-0.4, -0.2) is 50.8 Å². The number of pyridine rings is 2. The number of aromatic nitrogens is 5. The fraction of sp³-hybridized carbons (Fsp3) is 0.406. The first-order valence-corrected chi connectivity index (χ1v) is 16.3. The molecule has 4 aromatic rings. The summed E-state index contributed by atoms with van der Waals surface area (Å²) in [6.45, 7) is 11.4. The number of fused-ring (bicyclic) bond motifs is 1. The molecule has 11 nitrogen and oxygen atoms in total. The Labute approximate surface area is 260 Å². The van der Waals surface area contributed by atoms with Gasteiger partial charge < -0.3 is 10.1 Å². The first-order chi connectivity index (χ1) is 21.0. The summed E-state index contributed by atoms with van der Waals surface area (Å²) in [4.78, 5) is 22.8. The van der Waals surface area contributed by atoms with Crippen molar-refractivity contribution in [2.45, 2.75) is 71.7 Å². The quantitative estimate of drug-likeness (QED) is 0.194. The van der Waals surface area contributed by atoms with Crippen LogP contribution in [0.1, 0.15) is 61.9 Å². The van der Waals surface area contributed by atoms with Crippen molar-refractivity contribution in [3.63, 3.8) is 0 Å². The molecule has 0 saturated carbocycles. The molecule has 3 aromatic heterocycles. The number of benzene rings is 1. The van der Waals surface area contributed by atoms with Crippen molar-refractivity contribution in [1.29, 1.82) is 0 Å². The minimum Gasteiger partial charge on any atom is -0.366 e. The van der Waals surface area contributed by atoms with Gasteiger partial charge in [0.2, 0.25) is 5.91 Å². The summed E-state index contributed by atoms with van der Waals surface area (Å²) in [6.07, 6.45) is 6.78. The molecule has 1 amide bonds. The molecule has 2 atom stereocenters. The SMILES string of the molecule is CCn1cc(COC(c2ccc(C)c(CN3CC(C)Cc4ncccc4S3(O)O)c2)C(C)(C)C(=O)Nc2cccnc2)nn1. The molecule has 0 fully saturated rings. The summed E-state index contributed by atoms with van der Waals surface area (Å²) < 4.78 is 33.0. The van der Waals surface area contributed by atoms with Crippen LogP contribution in [0.4, 0.5) is 5.69 Å². The zero-order chi connectivity index (χ0) is 31.5. The van der Waals surface area contributed by atoms with Crippen molar-refractivity contribution >= 4 is 22.4 Å². The van der Waals surface area contributed by atoms with Gasteiger partial charge in [-0.15, -0.1) is 15.9 Å². The topological polar surface area (TPSA) is 139 Å². The van der Waals surface area contributed by atoms with E-state index >= 15 is 0 Å². The van der Waals surface area contributed by atoms with Crippen molar-refractivity contribution in [3.8, 4) is 0 Å². The Bertz CT molecular complexity index is 1590. The smallest absolute Gasteiger partial charge is 0.233 e. The van der Waals surface area contributed by atoms with Crippen molar-refractivity contribution in [3.05, 3.63) is 95.3 Å². The molecule has 44 heavy (non-hydrogen) atoms. The van der Waals surface area contributed by atoms with Crippen LogP contribution < -0.4 is 5.32 Å². The molecule has 1 aromatic carbocycles. The first-order valence-electron chi connectivity index (χ1n) is 14.8. The lowest BCUT2D eigenvalue weighted by molar-refractivity contribution is -0.134. The number of aryl methyl sites for hydroxylation is 2. The highest BCUT2D eigenvalue weighted by molar-refractivity contribution is 8.22. The third-order valence-electron chi connectivity index (χ3n) is 8.05. The average molecular weight is 620 g/mol. The second-order valence-corrected chi connectivity index (χ2v) is 14.0. The van der Waals surface area contributed by atoms with E-state index < -0.39 is 22.3 Å². The number of carbonyl (C=O) groups is 1. The number of amides is 1. The van der Waals surface area contributed by atoms with Crippen LogP contribution in [0.15, 0.2) is 72.1 Å². The van der Waals surface area contributed by atoms with E-state index in [0.717, 1.165) is 22.4 Å². The lowest BCUT2D eigenvalue weighted by Crippen LogP contribution is -2.38.